The number of Topliss-reactive ketones (excluding diaryl/α,β-unsaturated/α-hetero) is 1. The van der Waals surface area contributed by atoms with Crippen LogP contribution in [0.1, 0.15) is 59.3 Å². The number of aliphatic carboxylic acids is 1. The normalized spacial score (nSPS) is 40.7. The van der Waals surface area contributed by atoms with Gasteiger partial charge in [0.25, 0.3) is 0 Å². The fraction of sp³-hybridized carbons (Fsp3) is 0.720. The van der Waals surface area contributed by atoms with Gasteiger partial charge >= 0.3 is 11.9 Å². The molecule has 9 heteroatoms. The van der Waals surface area contributed by atoms with E-state index in [2.05, 4.69) is 12.4 Å². The molecule has 0 aromatic carbocycles. The lowest BCUT2D eigenvalue weighted by molar-refractivity contribution is -0.183. The van der Waals surface area contributed by atoms with Gasteiger partial charge < -0.3 is 20.1 Å². The van der Waals surface area contributed by atoms with Gasteiger partial charge in [-0.2, -0.15) is 0 Å². The third-order valence-corrected chi connectivity index (χ3v) is 9.15. The number of aliphatic hydroxyl groups excluding tert-OH is 1. The number of aliphatic hydroxyl groups is 2. The van der Waals surface area contributed by atoms with Crippen LogP contribution in [0.5, 0.6) is 0 Å². The summed E-state index contributed by atoms with van der Waals surface area (Å²) in [4.78, 5) is 39.9. The van der Waals surface area contributed by atoms with Crippen molar-refractivity contribution in [1.29, 1.82) is 0 Å². The maximum Gasteiger partial charge on any atom is 0.332 e. The third-order valence-electron chi connectivity index (χ3n) is 9.15. The van der Waals surface area contributed by atoms with Gasteiger partial charge in [-0.1, -0.05) is 25.5 Å². The van der Waals surface area contributed by atoms with Crippen LogP contribution in [0.3, 0.4) is 0 Å². The minimum absolute atomic E-state index is 0.0192. The molecule has 0 heterocycles. The Labute approximate surface area is 199 Å². The second kappa shape index (κ2) is 8.77. The van der Waals surface area contributed by atoms with Crippen molar-refractivity contribution in [2.75, 3.05) is 13.2 Å². The maximum atomic E-state index is 13.0. The van der Waals surface area contributed by atoms with Crippen molar-refractivity contribution in [3.05, 3.63) is 23.4 Å². The van der Waals surface area contributed by atoms with Crippen LogP contribution in [-0.4, -0.2) is 58.0 Å². The Morgan fingerprint density at radius 2 is 1.94 bits per heavy atom. The van der Waals surface area contributed by atoms with Gasteiger partial charge in [-0.3, -0.25) is 19.9 Å². The molecule has 3 saturated carbocycles. The lowest BCUT2D eigenvalue weighted by Crippen LogP contribution is -2.62. The van der Waals surface area contributed by atoms with E-state index in [4.69, 9.17) is 14.7 Å². The lowest BCUT2D eigenvalue weighted by Gasteiger charge is -2.60. The molecule has 0 spiro atoms. The smallest absolute Gasteiger partial charge is 0.332 e. The highest BCUT2D eigenvalue weighted by Gasteiger charge is 2.68. The number of ether oxygens (including phenoxy) is 1. The molecular formula is C25H35NO8. The molecule has 3 fully saturated rings. The Kier molecular flexibility index (Phi) is 6.42. The van der Waals surface area contributed by atoms with Crippen LogP contribution in [0.2, 0.25) is 0 Å². The van der Waals surface area contributed by atoms with Crippen molar-refractivity contribution >= 4 is 17.7 Å². The summed E-state index contributed by atoms with van der Waals surface area (Å²) in [5.74, 6) is -1.90. The molecule has 188 valence electrons. The Morgan fingerprint density at radius 3 is 2.62 bits per heavy atom. The summed E-state index contributed by atoms with van der Waals surface area (Å²) >= 11 is 0. The van der Waals surface area contributed by atoms with Crippen molar-refractivity contribution in [2.24, 2.45) is 28.6 Å². The molecule has 0 aliphatic heterocycles. The number of carbonyl (C=O) groups excluding carboxylic acids is 2. The summed E-state index contributed by atoms with van der Waals surface area (Å²) in [5, 5.41) is 31.8. The van der Waals surface area contributed by atoms with Gasteiger partial charge in [0.05, 0.1) is 11.8 Å². The number of hydrogen-bond acceptors (Lipinski definition) is 8. The number of carboxylic acid groups (broad SMARTS) is 1. The first-order valence-corrected chi connectivity index (χ1v) is 12.0. The lowest BCUT2D eigenvalue weighted by atomic mass is 9.45. The molecule has 4 aliphatic carbocycles. The van der Waals surface area contributed by atoms with Gasteiger partial charge in [0.1, 0.15) is 5.60 Å². The van der Waals surface area contributed by atoms with Crippen molar-refractivity contribution in [3.63, 3.8) is 0 Å². The second-order valence-electron chi connectivity index (χ2n) is 10.9. The zero-order valence-corrected chi connectivity index (χ0v) is 20.0. The van der Waals surface area contributed by atoms with Crippen molar-refractivity contribution in [3.8, 4) is 0 Å². The monoisotopic (exact) mass is 477 g/mol. The van der Waals surface area contributed by atoms with E-state index in [1.807, 2.05) is 19.1 Å². The van der Waals surface area contributed by atoms with Gasteiger partial charge in [-0.05, 0) is 67.8 Å². The van der Waals surface area contributed by atoms with E-state index in [1.54, 1.807) is 0 Å². The molecule has 34 heavy (non-hydrogen) atoms. The van der Waals surface area contributed by atoms with Crippen molar-refractivity contribution in [1.82, 2.24) is 5.48 Å². The molecule has 4 aliphatic rings. The number of hydrogen-bond donors (Lipinski definition) is 4. The van der Waals surface area contributed by atoms with E-state index in [1.165, 1.54) is 12.5 Å². The first kappa shape index (κ1) is 24.9. The molecule has 0 unspecified atom stereocenters. The van der Waals surface area contributed by atoms with E-state index in [0.29, 0.717) is 31.4 Å². The number of esters is 1. The second-order valence-corrected chi connectivity index (χ2v) is 10.9. The fourth-order valence-corrected chi connectivity index (χ4v) is 7.55. The molecular weight excluding hydrogens is 442 g/mol. The Hall–Kier alpha value is -2.23. The van der Waals surface area contributed by atoms with Gasteiger partial charge in [0.15, 0.2) is 13.2 Å². The summed E-state index contributed by atoms with van der Waals surface area (Å²) in [6.07, 6.45) is 6.89. The molecule has 7 atom stereocenters. The highest BCUT2D eigenvalue weighted by Crippen LogP contribution is 2.67. The van der Waals surface area contributed by atoms with Crippen LogP contribution in [0.4, 0.5) is 0 Å². The number of ketones is 1. The molecule has 9 nitrogen and oxygen atoms in total. The molecule has 0 aromatic rings. The predicted molar refractivity (Wildman–Crippen MR) is 120 cm³/mol. The highest BCUT2D eigenvalue weighted by atomic mass is 16.7. The predicted octanol–water partition coefficient (Wildman–Crippen LogP) is 1.88. The van der Waals surface area contributed by atoms with Crippen LogP contribution in [-0.2, 0) is 24.0 Å². The average Bonchev–Trinajstić information content (AvgIpc) is 3.03. The van der Waals surface area contributed by atoms with Crippen LogP contribution in [0.15, 0.2) is 23.4 Å². The molecule has 0 amide bonds. The van der Waals surface area contributed by atoms with E-state index >= 15 is 0 Å². The standard InChI is InChI=1S/C25H35NO8/c1-14(27)33-12-20(29)25(32)9-7-18-17-5-4-15-10-16(26-34-13-21(30)31)6-8-23(15,2)22(17)19(28)11-24(18,25)3/h6,10,17-19,22,26,28,32H,4-5,7-9,11-13H2,1-3H3,(H,30,31)/t17-,18-,19-,22+,23-,24-,25-/m0/s1. The van der Waals surface area contributed by atoms with E-state index in [9.17, 15) is 24.6 Å². The minimum Gasteiger partial charge on any atom is -0.479 e. The zero-order chi connectivity index (χ0) is 24.9. The fourth-order valence-electron chi connectivity index (χ4n) is 7.55. The van der Waals surface area contributed by atoms with E-state index in [0.717, 1.165) is 12.8 Å². The zero-order valence-electron chi connectivity index (χ0n) is 20.0. The number of allylic oxidation sites excluding steroid dienone is 3. The van der Waals surface area contributed by atoms with Gasteiger partial charge in [0.2, 0.25) is 5.78 Å². The summed E-state index contributed by atoms with van der Waals surface area (Å²) < 4.78 is 4.90. The van der Waals surface area contributed by atoms with Crippen LogP contribution < -0.4 is 5.48 Å². The summed E-state index contributed by atoms with van der Waals surface area (Å²) in [5.41, 5.74) is 1.93. The third kappa shape index (κ3) is 3.87. The van der Waals surface area contributed by atoms with Gasteiger partial charge in [-0.25, -0.2) is 4.79 Å². The number of rotatable bonds is 7. The van der Waals surface area contributed by atoms with E-state index < -0.39 is 48.1 Å². The number of carbonyl (C=O) groups is 3. The minimum atomic E-state index is -1.62. The average molecular weight is 478 g/mol. The number of fused-ring (bicyclic) bond motifs is 5. The highest BCUT2D eigenvalue weighted by molar-refractivity contribution is 5.91. The molecule has 4 rings (SSSR count). The van der Waals surface area contributed by atoms with Gasteiger partial charge in [-0.15, -0.1) is 0 Å². The first-order valence-electron chi connectivity index (χ1n) is 12.0. The largest absolute Gasteiger partial charge is 0.479 e. The molecule has 0 bridgehead atoms. The molecule has 0 aromatic heterocycles. The molecule has 4 N–H and O–H groups in total. The maximum absolute atomic E-state index is 13.0. The number of nitrogens with one attached hydrogen (secondary N) is 1. The van der Waals surface area contributed by atoms with Crippen LogP contribution >= 0.6 is 0 Å². The van der Waals surface area contributed by atoms with Crippen LogP contribution in [0, 0.1) is 28.6 Å². The Balaban J connectivity index is 1.55. The first-order chi connectivity index (χ1) is 15.9. The van der Waals surface area contributed by atoms with E-state index in [-0.39, 0.29) is 23.2 Å². The van der Waals surface area contributed by atoms with Crippen molar-refractivity contribution < 1.29 is 39.3 Å². The summed E-state index contributed by atoms with van der Waals surface area (Å²) in [7, 11) is 0. The Bertz CT molecular complexity index is 943. The molecule has 0 saturated heterocycles. The SMILES string of the molecule is CC(=O)OCC(=O)[C@@]1(O)CC[C@H]2[C@@H]3CCC4=CC(NOCC(=O)O)=CC[C@]4(C)[C@H]3[C@@H](O)C[C@@]21C. The topological polar surface area (TPSA) is 142 Å². The Morgan fingerprint density at radius 1 is 1.21 bits per heavy atom. The summed E-state index contributed by atoms with van der Waals surface area (Å²) in [6, 6.07) is 0. The molecule has 0 radical (unpaired) electrons. The van der Waals surface area contributed by atoms with Crippen LogP contribution in [0.25, 0.3) is 0 Å². The van der Waals surface area contributed by atoms with Gasteiger partial charge in [0, 0.05) is 12.3 Å². The van der Waals surface area contributed by atoms with Crippen molar-refractivity contribution in [2.45, 2.75) is 71.0 Å². The number of carboxylic acids is 1. The number of hydroxylamine groups is 1. The quantitative estimate of drug-likeness (QED) is 0.319. The summed E-state index contributed by atoms with van der Waals surface area (Å²) in [6.45, 7) is 4.41.